The number of pyridine rings is 1. The van der Waals surface area contributed by atoms with Crippen LogP contribution in [0.25, 0.3) is 0 Å². The zero-order chi connectivity index (χ0) is 18.4. The highest BCUT2D eigenvalue weighted by atomic mass is 35.5. The Bertz CT molecular complexity index is 802. The Balaban J connectivity index is 1.86. The van der Waals surface area contributed by atoms with E-state index < -0.39 is 0 Å². The van der Waals surface area contributed by atoms with E-state index in [4.69, 9.17) is 21.1 Å². The van der Waals surface area contributed by atoms with Crippen molar-refractivity contribution in [3.05, 3.63) is 88.7 Å². The van der Waals surface area contributed by atoms with Gasteiger partial charge in [0, 0.05) is 12.7 Å². The molecule has 2 aromatic carbocycles. The molecule has 26 heavy (non-hydrogen) atoms. The zero-order valence-electron chi connectivity index (χ0n) is 14.8. The van der Waals surface area contributed by atoms with Gasteiger partial charge in [0.25, 0.3) is 0 Å². The Morgan fingerprint density at radius 1 is 1.00 bits per heavy atom. The topological polar surface area (TPSA) is 43.4 Å². The van der Waals surface area contributed by atoms with Gasteiger partial charge in [0.2, 0.25) is 0 Å². The number of nitrogens with zero attached hydrogens (tertiary/aromatic N) is 1. The summed E-state index contributed by atoms with van der Waals surface area (Å²) in [5, 5.41) is 4.09. The molecule has 0 saturated heterocycles. The lowest BCUT2D eigenvalue weighted by molar-refractivity contribution is 0.354. The molecular weight excluding hydrogens is 348 g/mol. The minimum absolute atomic E-state index is 0.0238. The van der Waals surface area contributed by atoms with Crippen LogP contribution in [0.4, 0.5) is 0 Å². The van der Waals surface area contributed by atoms with E-state index in [1.54, 1.807) is 20.4 Å². The summed E-state index contributed by atoms with van der Waals surface area (Å²) >= 11 is 6.32. The summed E-state index contributed by atoms with van der Waals surface area (Å²) in [7, 11) is 3.18. The molecule has 1 N–H and O–H groups in total. The van der Waals surface area contributed by atoms with E-state index in [-0.39, 0.29) is 6.04 Å². The minimum atomic E-state index is -0.0238. The molecule has 3 aromatic rings. The monoisotopic (exact) mass is 368 g/mol. The third kappa shape index (κ3) is 4.15. The summed E-state index contributed by atoms with van der Waals surface area (Å²) in [6, 6.07) is 20.0. The van der Waals surface area contributed by atoms with Gasteiger partial charge >= 0.3 is 0 Å². The molecule has 0 saturated carbocycles. The Morgan fingerprint density at radius 3 is 2.42 bits per heavy atom. The largest absolute Gasteiger partial charge is 0.493 e. The molecule has 1 atom stereocenters. The fourth-order valence-corrected chi connectivity index (χ4v) is 3.19. The summed E-state index contributed by atoms with van der Waals surface area (Å²) < 4.78 is 10.7. The van der Waals surface area contributed by atoms with E-state index >= 15 is 0 Å². The highest BCUT2D eigenvalue weighted by Crippen LogP contribution is 2.36. The smallest absolute Gasteiger partial charge is 0.179 e. The first-order valence-corrected chi connectivity index (χ1v) is 8.70. The molecule has 0 aliphatic rings. The van der Waals surface area contributed by atoms with Crippen molar-refractivity contribution >= 4 is 11.6 Å². The van der Waals surface area contributed by atoms with Crippen molar-refractivity contribution in [1.82, 2.24) is 10.3 Å². The van der Waals surface area contributed by atoms with Gasteiger partial charge in [-0.2, -0.15) is 0 Å². The summed E-state index contributed by atoms with van der Waals surface area (Å²) in [6.07, 6.45) is 1.81. The number of methoxy groups -OCH3 is 2. The normalized spacial score (nSPS) is 11.8. The molecule has 0 amide bonds. The number of aromatic nitrogens is 1. The predicted octanol–water partition coefficient (Wildman–Crippen LogP) is 4.63. The van der Waals surface area contributed by atoms with Gasteiger partial charge in [0.15, 0.2) is 11.5 Å². The van der Waals surface area contributed by atoms with E-state index in [2.05, 4.69) is 22.4 Å². The van der Waals surface area contributed by atoms with Crippen LogP contribution in [0.2, 0.25) is 5.02 Å². The second-order valence-electron chi connectivity index (χ2n) is 5.79. The van der Waals surface area contributed by atoms with Gasteiger partial charge in [0.05, 0.1) is 31.0 Å². The summed E-state index contributed by atoms with van der Waals surface area (Å²) in [6.45, 7) is 0.607. The lowest BCUT2D eigenvalue weighted by atomic mass is 10.0. The molecule has 134 valence electrons. The molecule has 0 radical (unpaired) electrons. The molecule has 0 aliphatic carbocycles. The highest BCUT2D eigenvalue weighted by Gasteiger charge is 2.16. The second-order valence-corrected chi connectivity index (χ2v) is 6.20. The average molecular weight is 369 g/mol. The summed E-state index contributed by atoms with van der Waals surface area (Å²) in [5.41, 5.74) is 3.12. The van der Waals surface area contributed by atoms with Gasteiger partial charge in [-0.05, 0) is 35.4 Å². The summed E-state index contributed by atoms with van der Waals surface area (Å²) in [5.74, 6) is 1.16. The van der Waals surface area contributed by atoms with Crippen molar-refractivity contribution < 1.29 is 9.47 Å². The van der Waals surface area contributed by atoms with E-state index in [9.17, 15) is 0 Å². The molecule has 3 rings (SSSR count). The lowest BCUT2D eigenvalue weighted by Crippen LogP contribution is -2.23. The number of rotatable bonds is 7. The first kappa shape index (κ1) is 18.2. The van der Waals surface area contributed by atoms with Gasteiger partial charge < -0.3 is 14.8 Å². The maximum Gasteiger partial charge on any atom is 0.179 e. The fraction of sp³-hybridized carbons (Fsp3) is 0.190. The molecule has 1 heterocycles. The van der Waals surface area contributed by atoms with Crippen LogP contribution in [0.1, 0.15) is 22.9 Å². The number of nitrogens with one attached hydrogen (secondary N) is 1. The standard InChI is InChI=1S/C21H21ClN2O2/c1-25-19-13-15(12-17(22)21(19)26-2)14-24-20(16-8-4-3-5-9-16)18-10-6-7-11-23-18/h3-13,20,24H,14H2,1-2H3. The Kier molecular flexibility index (Phi) is 6.10. The number of halogens is 1. The molecule has 4 nitrogen and oxygen atoms in total. The van der Waals surface area contributed by atoms with Crippen molar-refractivity contribution in [2.24, 2.45) is 0 Å². The molecule has 5 heteroatoms. The molecule has 0 spiro atoms. The van der Waals surface area contributed by atoms with Crippen molar-refractivity contribution in [2.45, 2.75) is 12.6 Å². The fourth-order valence-electron chi connectivity index (χ4n) is 2.88. The van der Waals surface area contributed by atoms with Gasteiger partial charge in [-0.1, -0.05) is 48.0 Å². The van der Waals surface area contributed by atoms with Crippen LogP contribution in [0.15, 0.2) is 66.9 Å². The third-order valence-electron chi connectivity index (χ3n) is 4.12. The Labute approximate surface area is 158 Å². The van der Waals surface area contributed by atoms with Gasteiger partial charge in [0.1, 0.15) is 0 Å². The maximum absolute atomic E-state index is 6.32. The van der Waals surface area contributed by atoms with Crippen molar-refractivity contribution in [3.63, 3.8) is 0 Å². The van der Waals surface area contributed by atoms with E-state index in [1.165, 1.54) is 0 Å². The highest BCUT2D eigenvalue weighted by molar-refractivity contribution is 6.32. The van der Waals surface area contributed by atoms with Crippen LogP contribution in [-0.2, 0) is 6.54 Å². The van der Waals surface area contributed by atoms with Crippen LogP contribution in [0.3, 0.4) is 0 Å². The maximum atomic E-state index is 6.32. The van der Waals surface area contributed by atoms with Crippen LogP contribution in [0.5, 0.6) is 11.5 Å². The summed E-state index contributed by atoms with van der Waals surface area (Å²) in [4.78, 5) is 4.51. The molecular formula is C21H21ClN2O2. The van der Waals surface area contributed by atoms with Crippen molar-refractivity contribution in [2.75, 3.05) is 14.2 Å². The molecule has 1 aromatic heterocycles. The van der Waals surface area contributed by atoms with E-state index in [0.717, 1.165) is 16.8 Å². The van der Waals surface area contributed by atoms with Gasteiger partial charge in [-0.15, -0.1) is 0 Å². The minimum Gasteiger partial charge on any atom is -0.493 e. The van der Waals surface area contributed by atoms with Crippen LogP contribution in [-0.4, -0.2) is 19.2 Å². The predicted molar refractivity (Wildman–Crippen MR) is 104 cm³/mol. The molecule has 1 unspecified atom stereocenters. The number of benzene rings is 2. The van der Waals surface area contributed by atoms with Crippen LogP contribution in [0, 0.1) is 0 Å². The number of hydrogen-bond donors (Lipinski definition) is 1. The quantitative estimate of drug-likeness (QED) is 0.660. The Morgan fingerprint density at radius 2 is 1.77 bits per heavy atom. The first-order valence-electron chi connectivity index (χ1n) is 8.32. The van der Waals surface area contributed by atoms with Crippen molar-refractivity contribution in [3.8, 4) is 11.5 Å². The van der Waals surface area contributed by atoms with E-state index in [1.807, 2.05) is 48.5 Å². The second kappa shape index (κ2) is 8.70. The number of ether oxygens (including phenoxy) is 2. The number of hydrogen-bond acceptors (Lipinski definition) is 4. The van der Waals surface area contributed by atoms with E-state index in [0.29, 0.717) is 23.1 Å². The molecule has 0 bridgehead atoms. The first-order chi connectivity index (χ1) is 12.7. The van der Waals surface area contributed by atoms with Crippen molar-refractivity contribution in [1.29, 1.82) is 0 Å². The lowest BCUT2D eigenvalue weighted by Gasteiger charge is -2.20. The third-order valence-corrected chi connectivity index (χ3v) is 4.40. The average Bonchev–Trinajstić information content (AvgIpc) is 2.69. The van der Waals surface area contributed by atoms with Crippen LogP contribution >= 0.6 is 11.6 Å². The van der Waals surface area contributed by atoms with Gasteiger partial charge in [-0.3, -0.25) is 4.98 Å². The van der Waals surface area contributed by atoms with Crippen LogP contribution < -0.4 is 14.8 Å². The Hall–Kier alpha value is -2.56. The van der Waals surface area contributed by atoms with Gasteiger partial charge in [-0.25, -0.2) is 0 Å². The zero-order valence-corrected chi connectivity index (χ0v) is 15.5. The SMILES string of the molecule is COc1cc(CNC(c2ccccc2)c2ccccn2)cc(Cl)c1OC. The molecule has 0 aliphatic heterocycles. The molecule has 0 fully saturated rings.